The fourth-order valence-corrected chi connectivity index (χ4v) is 1.82. The van der Waals surface area contributed by atoms with E-state index in [4.69, 9.17) is 0 Å². The number of rotatable bonds is 5. The Balaban J connectivity index is 2.62. The summed E-state index contributed by atoms with van der Waals surface area (Å²) < 4.78 is 0. The minimum Gasteiger partial charge on any atom is -0.309 e. The van der Waals surface area contributed by atoms with Gasteiger partial charge in [-0.05, 0) is 27.0 Å². The van der Waals surface area contributed by atoms with E-state index in [1.54, 1.807) is 0 Å². The lowest BCUT2D eigenvalue weighted by atomic mass is 10.1. The van der Waals surface area contributed by atoms with Gasteiger partial charge in [0.1, 0.15) is 5.82 Å². The molecule has 0 fully saturated rings. The molecule has 16 heavy (non-hydrogen) atoms. The molecule has 90 valence electrons. The maximum Gasteiger partial charge on any atom is 0.125 e. The fraction of sp³-hybridized carbons (Fsp3) is 0.667. The van der Waals surface area contributed by atoms with Gasteiger partial charge in [0, 0.05) is 35.3 Å². The highest BCUT2D eigenvalue weighted by Gasteiger charge is 2.10. The van der Waals surface area contributed by atoms with Gasteiger partial charge in [-0.15, -0.1) is 0 Å². The van der Waals surface area contributed by atoms with Crippen LogP contribution in [0.3, 0.4) is 0 Å². The largest absolute Gasteiger partial charge is 0.309 e. The molecule has 1 N–H and O–H groups in total. The Morgan fingerprint density at radius 2 is 2.06 bits per heavy atom. The van der Waals surface area contributed by atoms with E-state index >= 15 is 0 Å². The van der Waals surface area contributed by atoms with E-state index in [-0.39, 0.29) is 0 Å². The molecule has 0 bridgehead atoms. The van der Waals surface area contributed by atoms with E-state index in [1.165, 1.54) is 5.56 Å². The predicted molar refractivity (Wildman–Crippen MR) is 70.9 cm³/mol. The Morgan fingerprint density at radius 1 is 1.38 bits per heavy atom. The van der Waals surface area contributed by atoms with Crippen molar-refractivity contribution in [2.75, 3.05) is 12.8 Å². The predicted octanol–water partition coefficient (Wildman–Crippen LogP) is 2.50. The van der Waals surface area contributed by atoms with E-state index in [0.29, 0.717) is 11.3 Å². The molecule has 0 saturated heterocycles. The fourth-order valence-electron chi connectivity index (χ4n) is 1.55. The van der Waals surface area contributed by atoms with Crippen LogP contribution in [0.15, 0.2) is 6.20 Å². The number of nitrogens with one attached hydrogen (secondary N) is 1. The summed E-state index contributed by atoms with van der Waals surface area (Å²) in [5, 5.41) is 4.14. The molecule has 0 aliphatic carbocycles. The van der Waals surface area contributed by atoms with Crippen LogP contribution in [0.1, 0.15) is 37.0 Å². The molecule has 2 unspecified atom stereocenters. The summed E-state index contributed by atoms with van der Waals surface area (Å²) in [6.07, 6.45) is 4.07. The van der Waals surface area contributed by atoms with Gasteiger partial charge in [0.15, 0.2) is 0 Å². The summed E-state index contributed by atoms with van der Waals surface area (Å²) in [7, 11) is 0. The van der Waals surface area contributed by atoms with Crippen LogP contribution in [-0.4, -0.2) is 28.0 Å². The zero-order valence-corrected chi connectivity index (χ0v) is 11.6. The summed E-state index contributed by atoms with van der Waals surface area (Å²) in [6, 6.07) is 0.315. The third kappa shape index (κ3) is 3.76. The van der Waals surface area contributed by atoms with Crippen LogP contribution < -0.4 is 5.32 Å². The van der Waals surface area contributed by atoms with E-state index < -0.39 is 0 Å². The highest BCUT2D eigenvalue weighted by atomic mass is 32.2. The van der Waals surface area contributed by atoms with Crippen molar-refractivity contribution in [3.63, 3.8) is 0 Å². The SMILES string of the molecule is CSC(C)CNC(C)c1cnc(C)nc1C. The lowest BCUT2D eigenvalue weighted by Crippen LogP contribution is -2.26. The van der Waals surface area contributed by atoms with Crippen LogP contribution in [0.4, 0.5) is 0 Å². The van der Waals surface area contributed by atoms with Crippen LogP contribution in [0.2, 0.25) is 0 Å². The molecule has 0 aliphatic rings. The van der Waals surface area contributed by atoms with Gasteiger partial charge >= 0.3 is 0 Å². The van der Waals surface area contributed by atoms with Crippen LogP contribution in [0, 0.1) is 13.8 Å². The first-order chi connectivity index (χ1) is 7.54. The molecule has 0 spiro atoms. The maximum absolute atomic E-state index is 4.39. The number of thioether (sulfide) groups is 1. The topological polar surface area (TPSA) is 37.8 Å². The lowest BCUT2D eigenvalue weighted by Gasteiger charge is -2.18. The van der Waals surface area contributed by atoms with Gasteiger partial charge in [-0.2, -0.15) is 11.8 Å². The van der Waals surface area contributed by atoms with Crippen molar-refractivity contribution in [1.82, 2.24) is 15.3 Å². The zero-order chi connectivity index (χ0) is 12.1. The van der Waals surface area contributed by atoms with Crippen molar-refractivity contribution in [2.24, 2.45) is 0 Å². The molecule has 1 heterocycles. The quantitative estimate of drug-likeness (QED) is 0.856. The first kappa shape index (κ1) is 13.5. The van der Waals surface area contributed by atoms with Crippen molar-refractivity contribution in [3.8, 4) is 0 Å². The van der Waals surface area contributed by atoms with Crippen LogP contribution in [0.5, 0.6) is 0 Å². The average Bonchev–Trinajstić information content (AvgIpc) is 2.25. The molecule has 1 aromatic rings. The van der Waals surface area contributed by atoms with Crippen molar-refractivity contribution in [1.29, 1.82) is 0 Å². The lowest BCUT2D eigenvalue weighted by molar-refractivity contribution is 0.568. The normalized spacial score (nSPS) is 14.8. The Morgan fingerprint density at radius 3 is 2.62 bits per heavy atom. The third-order valence-electron chi connectivity index (χ3n) is 2.72. The van der Waals surface area contributed by atoms with Crippen molar-refractivity contribution in [3.05, 3.63) is 23.3 Å². The van der Waals surface area contributed by atoms with Crippen molar-refractivity contribution in [2.45, 2.75) is 39.0 Å². The van der Waals surface area contributed by atoms with Crippen LogP contribution >= 0.6 is 11.8 Å². The van der Waals surface area contributed by atoms with Gasteiger partial charge in [0.25, 0.3) is 0 Å². The molecule has 3 nitrogen and oxygen atoms in total. The maximum atomic E-state index is 4.39. The standard InChI is InChI=1S/C12H21N3S/c1-8(16-5)6-13-9(2)12-7-14-11(4)15-10(12)3/h7-9,13H,6H2,1-5H3. The van der Waals surface area contributed by atoms with Crippen molar-refractivity contribution >= 4 is 11.8 Å². The molecule has 1 rings (SSSR count). The zero-order valence-electron chi connectivity index (χ0n) is 10.7. The number of hydrogen-bond acceptors (Lipinski definition) is 4. The molecule has 4 heteroatoms. The van der Waals surface area contributed by atoms with Gasteiger partial charge in [-0.3, -0.25) is 0 Å². The Hall–Kier alpha value is -0.610. The van der Waals surface area contributed by atoms with E-state index in [9.17, 15) is 0 Å². The second kappa shape index (κ2) is 6.21. The third-order valence-corrected chi connectivity index (χ3v) is 3.69. The highest BCUT2D eigenvalue weighted by Crippen LogP contribution is 2.15. The molecule has 0 aromatic carbocycles. The van der Waals surface area contributed by atoms with E-state index in [0.717, 1.165) is 18.1 Å². The van der Waals surface area contributed by atoms with Gasteiger partial charge in [-0.1, -0.05) is 6.92 Å². The van der Waals surface area contributed by atoms with Crippen LogP contribution in [0.25, 0.3) is 0 Å². The molecule has 2 atom stereocenters. The minimum atomic E-state index is 0.315. The summed E-state index contributed by atoms with van der Waals surface area (Å²) >= 11 is 1.87. The Bertz CT molecular complexity index is 341. The Kier molecular flexibility index (Phi) is 5.22. The smallest absolute Gasteiger partial charge is 0.125 e. The second-order valence-electron chi connectivity index (χ2n) is 4.13. The number of aromatic nitrogens is 2. The first-order valence-corrected chi connectivity index (χ1v) is 6.89. The average molecular weight is 239 g/mol. The number of nitrogens with zero attached hydrogens (tertiary/aromatic N) is 2. The van der Waals surface area contributed by atoms with Crippen LogP contribution in [-0.2, 0) is 0 Å². The molecular formula is C12H21N3S. The summed E-state index contributed by atoms with van der Waals surface area (Å²) in [6.45, 7) is 9.36. The van der Waals surface area contributed by atoms with E-state index in [1.807, 2.05) is 31.8 Å². The van der Waals surface area contributed by atoms with Crippen molar-refractivity contribution < 1.29 is 0 Å². The molecule has 0 aliphatic heterocycles. The number of hydrogen-bond donors (Lipinski definition) is 1. The van der Waals surface area contributed by atoms with Gasteiger partial charge in [0.05, 0.1) is 0 Å². The summed E-state index contributed by atoms with van der Waals surface area (Å²) in [4.78, 5) is 8.64. The minimum absolute atomic E-state index is 0.315. The number of aryl methyl sites for hydroxylation is 2. The first-order valence-electron chi connectivity index (χ1n) is 5.61. The molecule has 0 amide bonds. The van der Waals surface area contributed by atoms with Gasteiger partial charge in [0.2, 0.25) is 0 Å². The molecule has 1 aromatic heterocycles. The molecular weight excluding hydrogens is 218 g/mol. The van der Waals surface area contributed by atoms with Gasteiger partial charge < -0.3 is 5.32 Å². The molecule has 0 saturated carbocycles. The van der Waals surface area contributed by atoms with Gasteiger partial charge in [-0.25, -0.2) is 9.97 Å². The highest BCUT2D eigenvalue weighted by molar-refractivity contribution is 7.99. The monoisotopic (exact) mass is 239 g/mol. The van der Waals surface area contributed by atoms with E-state index in [2.05, 4.69) is 35.4 Å². The molecule has 0 radical (unpaired) electrons. The summed E-state index contributed by atoms with van der Waals surface area (Å²) in [5.74, 6) is 0.839. The second-order valence-corrected chi connectivity index (χ2v) is 5.41. The Labute approximate surface area is 102 Å². The summed E-state index contributed by atoms with van der Waals surface area (Å²) in [5.41, 5.74) is 2.27.